The molecule has 2 aromatic rings. The minimum atomic E-state index is -0.762. The van der Waals surface area contributed by atoms with Crippen molar-refractivity contribution in [3.63, 3.8) is 0 Å². The van der Waals surface area contributed by atoms with E-state index in [2.05, 4.69) is 26.2 Å². The summed E-state index contributed by atoms with van der Waals surface area (Å²) in [6.45, 7) is 0.328. The molecule has 0 fully saturated rings. The van der Waals surface area contributed by atoms with Gasteiger partial charge in [-0.05, 0) is 23.8 Å². The van der Waals surface area contributed by atoms with E-state index in [9.17, 15) is 9.18 Å². The van der Waals surface area contributed by atoms with Gasteiger partial charge in [0.25, 0.3) is 5.91 Å². The average molecular weight is 309 g/mol. The summed E-state index contributed by atoms with van der Waals surface area (Å²) in [6.07, 6.45) is 1.31. The Kier molecular flexibility index (Phi) is 4.04. The number of hydrogen-bond acceptors (Lipinski definition) is 2. The summed E-state index contributed by atoms with van der Waals surface area (Å²) in [6, 6.07) is 10.4. The number of pyridine rings is 1. The molecule has 0 saturated carbocycles. The lowest BCUT2D eigenvalue weighted by molar-refractivity contribution is 0.0946. The van der Waals surface area contributed by atoms with Crippen LogP contribution in [0.3, 0.4) is 0 Å². The topological polar surface area (TPSA) is 42.0 Å². The number of nitrogens with one attached hydrogen (secondary N) is 1. The lowest BCUT2D eigenvalue weighted by Gasteiger charge is -2.07. The Morgan fingerprint density at radius 3 is 2.78 bits per heavy atom. The molecule has 1 amide bonds. The molecule has 0 aliphatic heterocycles. The highest BCUT2D eigenvalue weighted by Crippen LogP contribution is 2.15. The fraction of sp³-hybridized carbons (Fsp3) is 0.0769. The molecule has 5 heteroatoms. The molecule has 1 N–H and O–H groups in total. The molecule has 1 heterocycles. The van der Waals surface area contributed by atoms with E-state index in [1.165, 1.54) is 18.3 Å². The van der Waals surface area contributed by atoms with Crippen molar-refractivity contribution in [2.45, 2.75) is 6.54 Å². The molecule has 18 heavy (non-hydrogen) atoms. The predicted octanol–water partition coefficient (Wildman–Crippen LogP) is 2.91. The Labute approximate surface area is 112 Å². The van der Waals surface area contributed by atoms with Gasteiger partial charge in [-0.2, -0.15) is 4.39 Å². The Hall–Kier alpha value is -1.75. The molecule has 92 valence electrons. The maximum atomic E-state index is 13.3. The maximum absolute atomic E-state index is 13.3. The van der Waals surface area contributed by atoms with Gasteiger partial charge in [-0.3, -0.25) is 4.79 Å². The van der Waals surface area contributed by atoms with Crippen molar-refractivity contribution >= 4 is 21.8 Å². The number of carbonyl (C=O) groups is 1. The number of halogens is 2. The Morgan fingerprint density at radius 1 is 1.28 bits per heavy atom. The van der Waals surface area contributed by atoms with E-state index in [0.29, 0.717) is 6.54 Å². The van der Waals surface area contributed by atoms with E-state index in [0.717, 1.165) is 10.0 Å². The number of aromatic nitrogens is 1. The van der Waals surface area contributed by atoms with E-state index in [1.54, 1.807) is 0 Å². The summed E-state index contributed by atoms with van der Waals surface area (Å²) in [5.41, 5.74) is 0.875. The smallest absolute Gasteiger partial charge is 0.256 e. The van der Waals surface area contributed by atoms with Gasteiger partial charge in [0.2, 0.25) is 5.95 Å². The molecular formula is C13H10BrFN2O. The molecule has 0 aliphatic rings. The molecule has 0 bridgehead atoms. The first-order valence-electron chi connectivity index (χ1n) is 5.30. The highest BCUT2D eigenvalue weighted by Gasteiger charge is 2.11. The molecule has 3 nitrogen and oxygen atoms in total. The first-order chi connectivity index (χ1) is 8.68. The molecule has 0 spiro atoms. The number of benzene rings is 1. The van der Waals surface area contributed by atoms with E-state index < -0.39 is 11.9 Å². The van der Waals surface area contributed by atoms with Gasteiger partial charge in [-0.15, -0.1) is 0 Å². The van der Waals surface area contributed by atoms with Crippen molar-refractivity contribution < 1.29 is 9.18 Å². The summed E-state index contributed by atoms with van der Waals surface area (Å²) < 4.78 is 14.2. The van der Waals surface area contributed by atoms with Crippen LogP contribution in [0.5, 0.6) is 0 Å². The maximum Gasteiger partial charge on any atom is 0.256 e. The number of hydrogen-bond donors (Lipinski definition) is 1. The van der Waals surface area contributed by atoms with Gasteiger partial charge < -0.3 is 5.32 Å². The van der Waals surface area contributed by atoms with Crippen LogP contribution in [0, 0.1) is 5.95 Å². The van der Waals surface area contributed by atoms with Crippen molar-refractivity contribution in [1.82, 2.24) is 10.3 Å². The third-order valence-corrected chi connectivity index (χ3v) is 3.17. The van der Waals surface area contributed by atoms with Crippen molar-refractivity contribution in [3.05, 3.63) is 64.1 Å². The fourth-order valence-electron chi connectivity index (χ4n) is 1.47. The van der Waals surface area contributed by atoms with E-state index in [4.69, 9.17) is 0 Å². The summed E-state index contributed by atoms with van der Waals surface area (Å²) in [4.78, 5) is 15.2. The summed E-state index contributed by atoms with van der Waals surface area (Å²) in [5, 5.41) is 2.65. The van der Waals surface area contributed by atoms with Crippen LogP contribution in [0.2, 0.25) is 0 Å². The summed E-state index contributed by atoms with van der Waals surface area (Å²) in [5.74, 6) is -1.24. The zero-order valence-electron chi connectivity index (χ0n) is 9.36. The highest BCUT2D eigenvalue weighted by atomic mass is 79.9. The Bertz CT molecular complexity index is 574. The Morgan fingerprint density at radius 2 is 2.06 bits per heavy atom. The van der Waals surface area contributed by atoms with Gasteiger partial charge in [0.15, 0.2) is 0 Å². The SMILES string of the molecule is O=C(NCc1ccccc1Br)c1cccnc1F. The zero-order valence-corrected chi connectivity index (χ0v) is 10.9. The standard InChI is InChI=1S/C13H10BrFN2O/c14-11-6-2-1-4-9(11)8-17-13(18)10-5-3-7-16-12(10)15/h1-7H,8H2,(H,17,18). The van der Waals surface area contributed by atoms with Gasteiger partial charge >= 0.3 is 0 Å². The van der Waals surface area contributed by atoms with Crippen LogP contribution < -0.4 is 5.32 Å². The lowest BCUT2D eigenvalue weighted by Crippen LogP contribution is -2.24. The number of amides is 1. The molecule has 0 atom stereocenters. The molecule has 1 aromatic carbocycles. The molecule has 0 unspecified atom stereocenters. The minimum absolute atomic E-state index is 0.0513. The van der Waals surface area contributed by atoms with Crippen molar-refractivity contribution in [3.8, 4) is 0 Å². The van der Waals surface area contributed by atoms with Crippen LogP contribution in [0.1, 0.15) is 15.9 Å². The Balaban J connectivity index is 2.06. The van der Waals surface area contributed by atoms with Crippen LogP contribution in [-0.4, -0.2) is 10.9 Å². The lowest BCUT2D eigenvalue weighted by atomic mass is 10.2. The third-order valence-electron chi connectivity index (χ3n) is 2.40. The van der Waals surface area contributed by atoms with Gasteiger partial charge in [0.05, 0.1) is 5.56 Å². The highest BCUT2D eigenvalue weighted by molar-refractivity contribution is 9.10. The molecular weight excluding hydrogens is 299 g/mol. The second kappa shape index (κ2) is 5.73. The average Bonchev–Trinajstić information content (AvgIpc) is 2.38. The van der Waals surface area contributed by atoms with Crippen LogP contribution in [-0.2, 0) is 6.54 Å². The van der Waals surface area contributed by atoms with Crippen LogP contribution in [0.25, 0.3) is 0 Å². The number of carbonyl (C=O) groups excluding carboxylic acids is 1. The molecule has 1 aromatic heterocycles. The monoisotopic (exact) mass is 308 g/mol. The summed E-state index contributed by atoms with van der Waals surface area (Å²) in [7, 11) is 0. The number of nitrogens with zero attached hydrogens (tertiary/aromatic N) is 1. The van der Waals surface area contributed by atoms with E-state index >= 15 is 0 Å². The zero-order chi connectivity index (χ0) is 13.0. The first-order valence-corrected chi connectivity index (χ1v) is 6.10. The van der Waals surface area contributed by atoms with E-state index in [1.807, 2.05) is 24.3 Å². The van der Waals surface area contributed by atoms with E-state index in [-0.39, 0.29) is 5.56 Å². The van der Waals surface area contributed by atoms with Crippen molar-refractivity contribution in [2.75, 3.05) is 0 Å². The predicted molar refractivity (Wildman–Crippen MR) is 69.5 cm³/mol. The number of rotatable bonds is 3. The second-order valence-corrected chi connectivity index (χ2v) is 4.47. The molecule has 0 aliphatic carbocycles. The van der Waals surface area contributed by atoms with Gasteiger partial charge in [-0.1, -0.05) is 34.1 Å². The third kappa shape index (κ3) is 2.92. The first kappa shape index (κ1) is 12.7. The van der Waals surface area contributed by atoms with Crippen LogP contribution >= 0.6 is 15.9 Å². The van der Waals surface area contributed by atoms with Crippen LogP contribution in [0.15, 0.2) is 47.1 Å². The normalized spacial score (nSPS) is 10.1. The quantitative estimate of drug-likeness (QED) is 0.886. The van der Waals surface area contributed by atoms with Crippen LogP contribution in [0.4, 0.5) is 4.39 Å². The van der Waals surface area contributed by atoms with Crippen molar-refractivity contribution in [1.29, 1.82) is 0 Å². The van der Waals surface area contributed by atoms with Gasteiger partial charge in [0, 0.05) is 17.2 Å². The molecule has 0 saturated heterocycles. The van der Waals surface area contributed by atoms with Crippen molar-refractivity contribution in [2.24, 2.45) is 0 Å². The fourth-order valence-corrected chi connectivity index (χ4v) is 1.89. The van der Waals surface area contributed by atoms with Gasteiger partial charge in [0.1, 0.15) is 0 Å². The molecule has 2 rings (SSSR count). The largest absolute Gasteiger partial charge is 0.348 e. The molecule has 0 radical (unpaired) electrons. The van der Waals surface area contributed by atoms with Gasteiger partial charge in [-0.25, -0.2) is 4.98 Å². The second-order valence-electron chi connectivity index (χ2n) is 3.62. The summed E-state index contributed by atoms with van der Waals surface area (Å²) >= 11 is 3.38. The minimum Gasteiger partial charge on any atom is -0.348 e.